The average Bonchev–Trinajstić information content (AvgIpc) is 2.92. The molecule has 1 heterocycles. The number of carbonyl (C=O) groups is 1. The number of aryl methyl sites for hydroxylation is 1. The zero-order valence-corrected chi connectivity index (χ0v) is 13.3. The third-order valence-electron chi connectivity index (χ3n) is 3.92. The summed E-state index contributed by atoms with van der Waals surface area (Å²) >= 11 is 0. The van der Waals surface area contributed by atoms with Crippen molar-refractivity contribution in [3.8, 4) is 0 Å². The van der Waals surface area contributed by atoms with Crippen LogP contribution >= 0.6 is 0 Å². The van der Waals surface area contributed by atoms with E-state index >= 15 is 0 Å². The number of hydrogen-bond acceptors (Lipinski definition) is 3. The molecular weight excluding hydrogens is 333 g/mol. The van der Waals surface area contributed by atoms with Crippen molar-refractivity contribution < 1.29 is 23.1 Å². The monoisotopic (exact) mass is 348 g/mol. The summed E-state index contributed by atoms with van der Waals surface area (Å²) in [6, 6.07) is 11.1. The van der Waals surface area contributed by atoms with Gasteiger partial charge >= 0.3 is 6.18 Å². The molecule has 0 aliphatic heterocycles. The molecule has 4 nitrogen and oxygen atoms in total. The van der Waals surface area contributed by atoms with E-state index in [1.165, 1.54) is 12.1 Å². The van der Waals surface area contributed by atoms with Crippen molar-refractivity contribution in [2.45, 2.75) is 19.6 Å². The van der Waals surface area contributed by atoms with Gasteiger partial charge in [-0.2, -0.15) is 13.2 Å². The minimum Gasteiger partial charge on any atom is -0.388 e. The zero-order chi connectivity index (χ0) is 18.2. The number of carbonyl (C=O) groups excluding carboxylic acids is 1. The van der Waals surface area contributed by atoms with Gasteiger partial charge in [0.15, 0.2) is 5.78 Å². The minimum atomic E-state index is -4.57. The van der Waals surface area contributed by atoms with Gasteiger partial charge in [0.2, 0.25) is 5.82 Å². The first-order valence-corrected chi connectivity index (χ1v) is 7.56. The summed E-state index contributed by atoms with van der Waals surface area (Å²) < 4.78 is 41.2. The number of ketones is 1. The highest BCUT2D eigenvalue weighted by atomic mass is 19.4. The summed E-state index contributed by atoms with van der Waals surface area (Å²) in [6.45, 7) is 1.16. The number of aromatic nitrogens is 2. The van der Waals surface area contributed by atoms with E-state index in [0.717, 1.165) is 10.1 Å². The van der Waals surface area contributed by atoms with E-state index in [-0.39, 0.29) is 6.54 Å². The molecule has 1 aromatic heterocycles. The van der Waals surface area contributed by atoms with Crippen LogP contribution < -0.4 is 0 Å². The van der Waals surface area contributed by atoms with E-state index < -0.39 is 24.4 Å². The molecule has 0 bridgehead atoms. The van der Waals surface area contributed by atoms with Crippen LogP contribution in [0.25, 0.3) is 11.0 Å². The van der Waals surface area contributed by atoms with E-state index in [4.69, 9.17) is 5.11 Å². The van der Waals surface area contributed by atoms with Crippen LogP contribution in [0.5, 0.6) is 0 Å². The molecule has 0 aliphatic carbocycles. The Morgan fingerprint density at radius 2 is 1.84 bits per heavy atom. The number of alkyl halides is 3. The fourth-order valence-corrected chi connectivity index (χ4v) is 2.69. The van der Waals surface area contributed by atoms with Crippen molar-refractivity contribution in [3.63, 3.8) is 0 Å². The van der Waals surface area contributed by atoms with E-state index in [1.807, 2.05) is 0 Å². The lowest BCUT2D eigenvalue weighted by atomic mass is 10.1. The molecule has 3 aromatic rings. The first-order chi connectivity index (χ1) is 11.8. The van der Waals surface area contributed by atoms with Crippen molar-refractivity contribution in [3.05, 3.63) is 65.0 Å². The summed E-state index contributed by atoms with van der Waals surface area (Å²) in [7, 11) is 0. The van der Waals surface area contributed by atoms with Crippen molar-refractivity contribution in [2.24, 2.45) is 0 Å². The van der Waals surface area contributed by atoms with Gasteiger partial charge in [0.1, 0.15) is 6.61 Å². The SMILES string of the molecule is Cc1ccc2c(c1)nc(C(F)(F)F)n2Cc1ccc(C(=O)CO)cc1. The van der Waals surface area contributed by atoms with Gasteiger partial charge in [-0.25, -0.2) is 4.98 Å². The molecule has 0 spiro atoms. The molecule has 0 saturated carbocycles. The van der Waals surface area contributed by atoms with Crippen molar-refractivity contribution >= 4 is 16.8 Å². The Morgan fingerprint density at radius 1 is 1.16 bits per heavy atom. The molecule has 0 fully saturated rings. The molecule has 25 heavy (non-hydrogen) atoms. The highest BCUT2D eigenvalue weighted by Crippen LogP contribution is 2.32. The Hall–Kier alpha value is -2.67. The average molecular weight is 348 g/mol. The lowest BCUT2D eigenvalue weighted by Gasteiger charge is -2.12. The standard InChI is InChI=1S/C18H15F3N2O2/c1-11-2-7-15-14(8-11)22-17(18(19,20)21)23(15)9-12-3-5-13(6-4-12)16(25)10-24/h2-8,24H,9-10H2,1H3. The molecule has 0 aliphatic rings. The molecule has 3 rings (SSSR count). The number of fused-ring (bicyclic) bond motifs is 1. The normalized spacial score (nSPS) is 11.9. The summed E-state index contributed by atoms with van der Waals surface area (Å²) in [5, 5.41) is 8.84. The van der Waals surface area contributed by atoms with Gasteiger partial charge in [0, 0.05) is 12.1 Å². The molecular formula is C18H15F3N2O2. The van der Waals surface area contributed by atoms with Crippen LogP contribution in [0, 0.1) is 6.92 Å². The molecule has 0 saturated heterocycles. The van der Waals surface area contributed by atoms with Crippen molar-refractivity contribution in [1.29, 1.82) is 0 Å². The molecule has 0 unspecified atom stereocenters. The van der Waals surface area contributed by atoms with Crippen LogP contribution in [0.1, 0.15) is 27.3 Å². The minimum absolute atomic E-state index is 0.0258. The number of aliphatic hydroxyl groups excluding tert-OH is 1. The first-order valence-electron chi connectivity index (χ1n) is 7.56. The van der Waals surface area contributed by atoms with Gasteiger partial charge in [-0.05, 0) is 30.2 Å². The second-order valence-electron chi connectivity index (χ2n) is 5.79. The van der Waals surface area contributed by atoms with Crippen LogP contribution in [0.15, 0.2) is 42.5 Å². The third-order valence-corrected chi connectivity index (χ3v) is 3.92. The van der Waals surface area contributed by atoms with E-state index in [9.17, 15) is 18.0 Å². The van der Waals surface area contributed by atoms with Gasteiger partial charge in [0.25, 0.3) is 0 Å². The molecule has 7 heteroatoms. The topological polar surface area (TPSA) is 55.1 Å². The number of rotatable bonds is 4. The molecule has 0 radical (unpaired) electrons. The second kappa shape index (κ2) is 6.33. The number of Topliss-reactive ketones (excluding diaryl/α,β-unsaturated/α-hetero) is 1. The Labute approximate surface area is 141 Å². The number of imidazole rings is 1. The Kier molecular flexibility index (Phi) is 4.34. The second-order valence-corrected chi connectivity index (χ2v) is 5.79. The maximum Gasteiger partial charge on any atom is 0.449 e. The summed E-state index contributed by atoms with van der Waals surface area (Å²) in [5.74, 6) is -1.39. The lowest BCUT2D eigenvalue weighted by molar-refractivity contribution is -0.146. The Morgan fingerprint density at radius 3 is 2.44 bits per heavy atom. The molecule has 1 N–H and O–H groups in total. The van der Waals surface area contributed by atoms with Gasteiger partial charge in [0.05, 0.1) is 11.0 Å². The number of benzene rings is 2. The largest absolute Gasteiger partial charge is 0.449 e. The number of hydrogen-bond donors (Lipinski definition) is 1. The predicted molar refractivity (Wildman–Crippen MR) is 86.4 cm³/mol. The number of aliphatic hydroxyl groups is 1. The van der Waals surface area contributed by atoms with E-state index in [1.54, 1.807) is 37.3 Å². The Balaban J connectivity index is 2.04. The maximum absolute atomic E-state index is 13.3. The molecule has 0 atom stereocenters. The van der Waals surface area contributed by atoms with Gasteiger partial charge in [-0.15, -0.1) is 0 Å². The number of halogens is 3. The van der Waals surface area contributed by atoms with E-state index in [0.29, 0.717) is 22.2 Å². The molecule has 0 amide bonds. The van der Waals surface area contributed by atoms with Crippen molar-refractivity contribution in [1.82, 2.24) is 9.55 Å². The van der Waals surface area contributed by atoms with Gasteiger partial charge in [-0.3, -0.25) is 4.79 Å². The van der Waals surface area contributed by atoms with Crippen LogP contribution in [0.3, 0.4) is 0 Å². The zero-order valence-electron chi connectivity index (χ0n) is 13.3. The molecule has 2 aromatic carbocycles. The number of nitrogens with zero attached hydrogens (tertiary/aromatic N) is 2. The van der Waals surface area contributed by atoms with Crippen LogP contribution in [-0.4, -0.2) is 27.0 Å². The Bertz CT molecular complexity index is 928. The fourth-order valence-electron chi connectivity index (χ4n) is 2.69. The summed E-state index contributed by atoms with van der Waals surface area (Å²) in [4.78, 5) is 15.2. The summed E-state index contributed by atoms with van der Waals surface area (Å²) in [5.41, 5.74) is 2.43. The lowest BCUT2D eigenvalue weighted by Crippen LogP contribution is -2.15. The van der Waals surface area contributed by atoms with Crippen LogP contribution in [0.4, 0.5) is 13.2 Å². The van der Waals surface area contributed by atoms with Crippen molar-refractivity contribution in [2.75, 3.05) is 6.61 Å². The smallest absolute Gasteiger partial charge is 0.388 e. The first kappa shape index (κ1) is 17.2. The van der Waals surface area contributed by atoms with Crippen LogP contribution in [0.2, 0.25) is 0 Å². The quantitative estimate of drug-likeness (QED) is 0.733. The van der Waals surface area contributed by atoms with Gasteiger partial charge < -0.3 is 9.67 Å². The molecule has 130 valence electrons. The van der Waals surface area contributed by atoms with E-state index in [2.05, 4.69) is 4.98 Å². The summed E-state index contributed by atoms with van der Waals surface area (Å²) in [6.07, 6.45) is -4.57. The third kappa shape index (κ3) is 3.41. The van der Waals surface area contributed by atoms with Crippen LogP contribution in [-0.2, 0) is 12.7 Å². The highest BCUT2D eigenvalue weighted by Gasteiger charge is 2.37. The maximum atomic E-state index is 13.3. The van der Waals surface area contributed by atoms with Gasteiger partial charge in [-0.1, -0.05) is 30.3 Å². The fraction of sp³-hybridized carbons (Fsp3) is 0.222. The predicted octanol–water partition coefficient (Wildman–Crippen LogP) is 3.59. The highest BCUT2D eigenvalue weighted by molar-refractivity contribution is 5.96.